The minimum absolute atomic E-state index is 0.336. The van der Waals surface area contributed by atoms with Gasteiger partial charge in [-0.25, -0.2) is 8.42 Å². The fraction of sp³-hybridized carbons (Fsp3) is 0.120. The minimum atomic E-state index is -3.55. The van der Waals surface area contributed by atoms with E-state index in [1.807, 2.05) is 79.7 Å². The third kappa shape index (κ3) is 4.39. The van der Waals surface area contributed by atoms with Crippen LogP contribution in [0.15, 0.2) is 101 Å². The van der Waals surface area contributed by atoms with Crippen molar-refractivity contribution in [3.63, 3.8) is 0 Å². The molecule has 0 saturated carbocycles. The fourth-order valence-corrected chi connectivity index (χ4v) is 4.84. The lowest BCUT2D eigenvalue weighted by Crippen LogP contribution is -2.28. The van der Waals surface area contributed by atoms with Gasteiger partial charge in [0.25, 0.3) is 0 Å². The molecule has 3 aromatic rings. The maximum atomic E-state index is 13.2. The van der Waals surface area contributed by atoms with Gasteiger partial charge in [0, 0.05) is 13.1 Å². The smallest absolute Gasteiger partial charge is 0.207 e. The molecule has 4 rings (SSSR count). The second-order valence-electron chi connectivity index (χ2n) is 7.25. The molecule has 1 heterocycles. The Bertz CT molecular complexity index is 1090. The van der Waals surface area contributed by atoms with E-state index in [1.54, 1.807) is 16.4 Å². The summed E-state index contributed by atoms with van der Waals surface area (Å²) in [5.74, 6) is 0. The average molecular weight is 402 g/mol. The monoisotopic (exact) mass is 401 g/mol. The zero-order valence-electron chi connectivity index (χ0n) is 16.3. The molecule has 1 aliphatic heterocycles. The Balaban J connectivity index is 1.72. The summed E-state index contributed by atoms with van der Waals surface area (Å²) >= 11 is 0. The first-order valence-electron chi connectivity index (χ1n) is 9.61. The minimum Gasteiger partial charge on any atom is -0.207 e. The van der Waals surface area contributed by atoms with Crippen LogP contribution in [0, 0.1) is 6.92 Å². The van der Waals surface area contributed by atoms with Crippen LogP contribution in [0.4, 0.5) is 0 Å². The average Bonchev–Trinajstić information content (AvgIpc) is 3.13. The van der Waals surface area contributed by atoms with E-state index in [0.29, 0.717) is 18.0 Å². The predicted molar refractivity (Wildman–Crippen MR) is 119 cm³/mol. The quantitative estimate of drug-likeness (QED) is 0.605. The van der Waals surface area contributed by atoms with Gasteiger partial charge in [-0.2, -0.15) is 4.31 Å². The maximum Gasteiger partial charge on any atom is 0.243 e. The van der Waals surface area contributed by atoms with Crippen LogP contribution in [0.1, 0.15) is 16.7 Å². The van der Waals surface area contributed by atoms with Crippen molar-refractivity contribution in [1.29, 1.82) is 0 Å². The standard InChI is InChI=1S/C25H23NO2S/c1-20-12-14-25(15-13-20)29(27,28)26-18-23(16-21-8-4-2-5-9-21)24(19-26)17-22-10-6-3-7-11-22/h2-17H,18-19H2,1H3/b23-16-,24-17+. The molecule has 29 heavy (non-hydrogen) atoms. The number of hydrogen-bond acceptors (Lipinski definition) is 2. The summed E-state index contributed by atoms with van der Waals surface area (Å²) in [6, 6.07) is 27.1. The molecule has 4 heteroatoms. The van der Waals surface area contributed by atoms with Crippen LogP contribution in [0.2, 0.25) is 0 Å². The van der Waals surface area contributed by atoms with E-state index in [9.17, 15) is 8.42 Å². The van der Waals surface area contributed by atoms with E-state index in [1.165, 1.54) is 0 Å². The van der Waals surface area contributed by atoms with Crippen LogP contribution in [0.25, 0.3) is 12.2 Å². The molecule has 0 unspecified atom stereocenters. The van der Waals surface area contributed by atoms with Crippen molar-refractivity contribution in [2.45, 2.75) is 11.8 Å². The molecule has 3 aromatic carbocycles. The first-order valence-corrected chi connectivity index (χ1v) is 11.0. The summed E-state index contributed by atoms with van der Waals surface area (Å²) in [6.45, 7) is 2.68. The largest absolute Gasteiger partial charge is 0.243 e. The van der Waals surface area contributed by atoms with Crippen molar-refractivity contribution in [3.8, 4) is 0 Å². The number of rotatable bonds is 4. The summed E-state index contributed by atoms with van der Waals surface area (Å²) in [6.07, 6.45) is 4.17. The van der Waals surface area contributed by atoms with Gasteiger partial charge in [-0.05, 0) is 41.3 Å². The lowest BCUT2D eigenvalue weighted by molar-refractivity contribution is 0.489. The maximum absolute atomic E-state index is 13.2. The van der Waals surface area contributed by atoms with Gasteiger partial charge >= 0.3 is 0 Å². The lowest BCUT2D eigenvalue weighted by atomic mass is 10.0. The molecule has 1 saturated heterocycles. The van der Waals surface area contributed by atoms with Crippen LogP contribution >= 0.6 is 0 Å². The van der Waals surface area contributed by atoms with Gasteiger partial charge < -0.3 is 0 Å². The molecule has 146 valence electrons. The molecular weight excluding hydrogens is 378 g/mol. The summed E-state index contributed by atoms with van der Waals surface area (Å²) in [4.78, 5) is 0.336. The Morgan fingerprint density at radius 3 is 1.59 bits per heavy atom. The van der Waals surface area contributed by atoms with Crippen molar-refractivity contribution >= 4 is 22.2 Å². The summed E-state index contributed by atoms with van der Waals surface area (Å²) in [5.41, 5.74) is 5.22. The van der Waals surface area contributed by atoms with Gasteiger partial charge in [0.15, 0.2) is 0 Å². The lowest BCUT2D eigenvalue weighted by Gasteiger charge is -2.15. The fourth-order valence-electron chi connectivity index (χ4n) is 3.45. The molecule has 0 bridgehead atoms. The summed E-state index contributed by atoms with van der Waals surface area (Å²) in [5, 5.41) is 0. The molecule has 0 N–H and O–H groups in total. The van der Waals surface area contributed by atoms with Crippen molar-refractivity contribution in [3.05, 3.63) is 113 Å². The second-order valence-corrected chi connectivity index (χ2v) is 9.18. The molecule has 0 radical (unpaired) electrons. The van der Waals surface area contributed by atoms with Crippen LogP contribution < -0.4 is 0 Å². The number of benzene rings is 3. The van der Waals surface area contributed by atoms with Crippen LogP contribution in [-0.2, 0) is 10.0 Å². The van der Waals surface area contributed by atoms with Crippen LogP contribution in [-0.4, -0.2) is 25.8 Å². The SMILES string of the molecule is Cc1ccc(S(=O)(=O)N2CC(=C\c3ccccc3)/C(=C\c3ccccc3)C2)cc1. The van der Waals surface area contributed by atoms with Gasteiger partial charge in [-0.15, -0.1) is 0 Å². The molecule has 3 nitrogen and oxygen atoms in total. The Kier molecular flexibility index (Phi) is 5.47. The molecule has 1 fully saturated rings. The van der Waals surface area contributed by atoms with Gasteiger partial charge in [-0.1, -0.05) is 90.5 Å². The Morgan fingerprint density at radius 1 is 0.690 bits per heavy atom. The van der Waals surface area contributed by atoms with Crippen molar-refractivity contribution < 1.29 is 8.42 Å². The third-order valence-electron chi connectivity index (χ3n) is 5.05. The van der Waals surface area contributed by atoms with E-state index >= 15 is 0 Å². The van der Waals surface area contributed by atoms with E-state index in [0.717, 1.165) is 27.8 Å². The van der Waals surface area contributed by atoms with Crippen molar-refractivity contribution in [1.82, 2.24) is 4.31 Å². The van der Waals surface area contributed by atoms with Gasteiger partial charge in [0.05, 0.1) is 4.90 Å². The van der Waals surface area contributed by atoms with Gasteiger partial charge in [0.1, 0.15) is 0 Å². The highest BCUT2D eigenvalue weighted by molar-refractivity contribution is 7.89. The zero-order chi connectivity index (χ0) is 20.3. The zero-order valence-corrected chi connectivity index (χ0v) is 17.1. The van der Waals surface area contributed by atoms with Gasteiger partial charge in [-0.3, -0.25) is 0 Å². The molecule has 0 amide bonds. The summed E-state index contributed by atoms with van der Waals surface area (Å²) < 4.78 is 28.0. The predicted octanol–water partition coefficient (Wildman–Crippen LogP) is 5.17. The molecule has 0 atom stereocenters. The number of aryl methyl sites for hydroxylation is 1. The highest BCUT2D eigenvalue weighted by atomic mass is 32.2. The van der Waals surface area contributed by atoms with E-state index < -0.39 is 10.0 Å². The first-order chi connectivity index (χ1) is 14.0. The number of nitrogens with zero attached hydrogens (tertiary/aromatic N) is 1. The molecule has 0 aromatic heterocycles. The van der Waals surface area contributed by atoms with Crippen LogP contribution in [0.5, 0.6) is 0 Å². The van der Waals surface area contributed by atoms with Gasteiger partial charge in [0.2, 0.25) is 10.0 Å². The van der Waals surface area contributed by atoms with E-state index in [-0.39, 0.29) is 0 Å². The first kappa shape index (κ1) is 19.4. The number of sulfonamides is 1. The Morgan fingerprint density at radius 2 is 1.14 bits per heavy atom. The number of hydrogen-bond donors (Lipinski definition) is 0. The highest BCUT2D eigenvalue weighted by Gasteiger charge is 2.32. The normalized spacial score (nSPS) is 17.8. The Labute approximate surface area is 172 Å². The molecule has 1 aliphatic rings. The summed E-state index contributed by atoms with van der Waals surface area (Å²) in [7, 11) is -3.55. The van der Waals surface area contributed by atoms with Crippen molar-refractivity contribution in [2.75, 3.05) is 13.1 Å². The Hall–Kier alpha value is -2.95. The van der Waals surface area contributed by atoms with Crippen LogP contribution in [0.3, 0.4) is 0 Å². The van der Waals surface area contributed by atoms with E-state index in [2.05, 4.69) is 12.2 Å². The topological polar surface area (TPSA) is 37.4 Å². The molecule has 0 spiro atoms. The third-order valence-corrected chi connectivity index (χ3v) is 6.85. The second kappa shape index (κ2) is 8.19. The molecular formula is C25H23NO2S. The highest BCUT2D eigenvalue weighted by Crippen LogP contribution is 2.30. The molecule has 0 aliphatic carbocycles. The van der Waals surface area contributed by atoms with Crippen molar-refractivity contribution in [2.24, 2.45) is 0 Å². The van der Waals surface area contributed by atoms with E-state index in [4.69, 9.17) is 0 Å².